The van der Waals surface area contributed by atoms with Gasteiger partial charge < -0.3 is 19.2 Å². The molecule has 0 fully saturated rings. The smallest absolute Gasteiger partial charge is 0.231 e. The number of benzene rings is 2. The van der Waals surface area contributed by atoms with Crippen LogP contribution in [0.25, 0.3) is 10.9 Å². The number of rotatable bonds is 5. The first-order valence-electron chi connectivity index (χ1n) is 7.81. The molecule has 4 rings (SSSR count). The zero-order valence-corrected chi connectivity index (χ0v) is 13.3. The number of aromatic amines is 1. The molecule has 24 heavy (non-hydrogen) atoms. The number of H-pyrrole nitrogens is 1. The Morgan fingerprint density at radius 1 is 1.17 bits per heavy atom. The number of fused-ring (bicyclic) bond motifs is 2. The summed E-state index contributed by atoms with van der Waals surface area (Å²) in [7, 11) is 1.65. The van der Waals surface area contributed by atoms with Crippen molar-refractivity contribution in [2.24, 2.45) is 0 Å². The maximum absolute atomic E-state index is 12.5. The maximum atomic E-state index is 12.5. The molecule has 0 spiro atoms. The van der Waals surface area contributed by atoms with Crippen molar-refractivity contribution in [3.63, 3.8) is 0 Å². The molecule has 0 saturated heterocycles. The number of aromatic nitrogens is 1. The SMILES string of the molecule is COc1ccc2[nH]cc(CCC(=O)c3ccc4c(c3)OCO4)c2c1. The van der Waals surface area contributed by atoms with Gasteiger partial charge in [0.15, 0.2) is 17.3 Å². The minimum Gasteiger partial charge on any atom is -0.497 e. The van der Waals surface area contributed by atoms with E-state index >= 15 is 0 Å². The van der Waals surface area contributed by atoms with Gasteiger partial charge in [0.1, 0.15) is 5.75 Å². The highest BCUT2D eigenvalue weighted by Gasteiger charge is 2.16. The van der Waals surface area contributed by atoms with Gasteiger partial charge in [-0.15, -0.1) is 0 Å². The normalized spacial score (nSPS) is 12.5. The highest BCUT2D eigenvalue weighted by atomic mass is 16.7. The summed E-state index contributed by atoms with van der Waals surface area (Å²) in [6.45, 7) is 0.212. The average molecular weight is 323 g/mol. The molecule has 1 aliphatic heterocycles. The molecule has 0 saturated carbocycles. The van der Waals surface area contributed by atoms with Gasteiger partial charge in [-0.05, 0) is 48.4 Å². The van der Waals surface area contributed by atoms with Gasteiger partial charge in [-0.25, -0.2) is 0 Å². The predicted octanol–water partition coefficient (Wildman–Crippen LogP) is 3.72. The van der Waals surface area contributed by atoms with Crippen LogP contribution in [0.4, 0.5) is 0 Å². The van der Waals surface area contributed by atoms with Crippen molar-refractivity contribution >= 4 is 16.7 Å². The number of nitrogens with one attached hydrogen (secondary N) is 1. The Labute approximate surface area is 139 Å². The fourth-order valence-electron chi connectivity index (χ4n) is 2.95. The van der Waals surface area contributed by atoms with E-state index < -0.39 is 0 Å². The largest absolute Gasteiger partial charge is 0.497 e. The monoisotopic (exact) mass is 323 g/mol. The van der Waals surface area contributed by atoms with Gasteiger partial charge in [0.05, 0.1) is 7.11 Å². The van der Waals surface area contributed by atoms with Crippen LogP contribution >= 0.6 is 0 Å². The number of ketones is 1. The summed E-state index contributed by atoms with van der Waals surface area (Å²) in [4.78, 5) is 15.7. The van der Waals surface area contributed by atoms with Crippen molar-refractivity contribution < 1.29 is 19.0 Å². The van der Waals surface area contributed by atoms with Crippen molar-refractivity contribution in [2.45, 2.75) is 12.8 Å². The minimum absolute atomic E-state index is 0.0885. The molecule has 0 aliphatic carbocycles. The van der Waals surface area contributed by atoms with Crippen molar-refractivity contribution in [1.29, 1.82) is 0 Å². The third-order valence-corrected chi connectivity index (χ3v) is 4.29. The Hall–Kier alpha value is -2.95. The number of carbonyl (C=O) groups excluding carboxylic acids is 1. The van der Waals surface area contributed by atoms with Crippen molar-refractivity contribution in [3.8, 4) is 17.2 Å². The molecular weight excluding hydrogens is 306 g/mol. The van der Waals surface area contributed by atoms with E-state index in [0.29, 0.717) is 29.9 Å². The van der Waals surface area contributed by atoms with Crippen molar-refractivity contribution in [1.82, 2.24) is 4.98 Å². The Morgan fingerprint density at radius 2 is 2.04 bits per heavy atom. The highest BCUT2D eigenvalue weighted by molar-refractivity contribution is 5.97. The lowest BCUT2D eigenvalue weighted by Crippen LogP contribution is -2.01. The molecule has 0 atom stereocenters. The molecule has 3 aromatic rings. The zero-order valence-electron chi connectivity index (χ0n) is 13.3. The van der Waals surface area contributed by atoms with E-state index in [1.54, 1.807) is 25.3 Å². The fourth-order valence-corrected chi connectivity index (χ4v) is 2.95. The third kappa shape index (κ3) is 2.58. The topological polar surface area (TPSA) is 60.6 Å². The number of Topliss-reactive ketones (excluding diaryl/α,β-unsaturated/α-hetero) is 1. The van der Waals surface area contributed by atoms with E-state index in [0.717, 1.165) is 22.2 Å². The average Bonchev–Trinajstić information content (AvgIpc) is 3.24. The number of carbonyl (C=O) groups is 1. The Balaban J connectivity index is 1.51. The molecule has 2 heterocycles. The summed E-state index contributed by atoms with van der Waals surface area (Å²) in [5, 5.41) is 1.09. The van der Waals surface area contributed by atoms with Gasteiger partial charge in [-0.3, -0.25) is 4.79 Å². The van der Waals surface area contributed by atoms with Gasteiger partial charge in [-0.1, -0.05) is 0 Å². The molecule has 122 valence electrons. The Morgan fingerprint density at radius 3 is 2.92 bits per heavy atom. The molecule has 5 heteroatoms. The lowest BCUT2D eigenvalue weighted by molar-refractivity contribution is 0.0982. The third-order valence-electron chi connectivity index (χ3n) is 4.29. The van der Waals surface area contributed by atoms with E-state index in [1.807, 2.05) is 24.4 Å². The number of ether oxygens (including phenoxy) is 3. The second-order valence-corrected chi connectivity index (χ2v) is 5.72. The lowest BCUT2D eigenvalue weighted by atomic mass is 10.0. The van der Waals surface area contributed by atoms with Crippen LogP contribution in [0.15, 0.2) is 42.6 Å². The van der Waals surface area contributed by atoms with Crippen LogP contribution in [0.1, 0.15) is 22.3 Å². The molecule has 1 aliphatic rings. The minimum atomic E-state index is 0.0885. The van der Waals surface area contributed by atoms with Crippen LogP contribution in [0.2, 0.25) is 0 Å². The number of hydrogen-bond acceptors (Lipinski definition) is 4. The first-order valence-corrected chi connectivity index (χ1v) is 7.81. The lowest BCUT2D eigenvalue weighted by Gasteiger charge is -2.04. The number of aryl methyl sites for hydroxylation is 1. The standard InChI is InChI=1S/C19H17NO4/c1-22-14-4-5-16-15(9-14)13(10-20-16)2-6-17(21)12-3-7-18-19(8-12)24-11-23-18/h3-5,7-10,20H,2,6,11H2,1H3. The molecule has 1 aromatic heterocycles. The highest BCUT2D eigenvalue weighted by Crippen LogP contribution is 2.33. The van der Waals surface area contributed by atoms with E-state index in [1.165, 1.54) is 0 Å². The first kappa shape index (κ1) is 14.6. The number of methoxy groups -OCH3 is 1. The van der Waals surface area contributed by atoms with Crippen molar-refractivity contribution in [2.75, 3.05) is 13.9 Å². The Bertz CT molecular complexity index is 913. The first-order chi connectivity index (χ1) is 11.7. The van der Waals surface area contributed by atoms with E-state index in [4.69, 9.17) is 14.2 Å². The maximum Gasteiger partial charge on any atom is 0.231 e. The molecular formula is C19H17NO4. The summed E-state index contributed by atoms with van der Waals surface area (Å²) in [6, 6.07) is 11.2. The van der Waals surface area contributed by atoms with Crippen molar-refractivity contribution in [3.05, 3.63) is 53.7 Å². The molecule has 0 bridgehead atoms. The van der Waals surface area contributed by atoms with E-state index in [2.05, 4.69) is 4.98 Å². The van der Waals surface area contributed by atoms with Gasteiger partial charge in [0.25, 0.3) is 0 Å². The number of hydrogen-bond donors (Lipinski definition) is 1. The summed E-state index contributed by atoms with van der Waals surface area (Å²) in [5.74, 6) is 2.23. The van der Waals surface area contributed by atoms with Gasteiger partial charge in [0.2, 0.25) is 6.79 Å². The van der Waals surface area contributed by atoms with Gasteiger partial charge in [-0.2, -0.15) is 0 Å². The molecule has 5 nitrogen and oxygen atoms in total. The van der Waals surface area contributed by atoms with Crippen LogP contribution < -0.4 is 14.2 Å². The Kier molecular flexibility index (Phi) is 3.61. The summed E-state index contributed by atoms with van der Waals surface area (Å²) >= 11 is 0. The van der Waals surface area contributed by atoms with Gasteiger partial charge in [0, 0.05) is 29.1 Å². The second kappa shape index (κ2) is 5.92. The van der Waals surface area contributed by atoms with Crippen LogP contribution in [-0.2, 0) is 6.42 Å². The quantitative estimate of drug-likeness (QED) is 0.727. The van der Waals surface area contributed by atoms with E-state index in [9.17, 15) is 4.79 Å². The molecule has 1 N–H and O–H groups in total. The molecule has 0 unspecified atom stereocenters. The second-order valence-electron chi connectivity index (χ2n) is 5.72. The molecule has 0 amide bonds. The summed E-state index contributed by atoms with van der Waals surface area (Å²) in [5.41, 5.74) is 2.80. The predicted molar refractivity (Wildman–Crippen MR) is 90.1 cm³/mol. The van der Waals surface area contributed by atoms with Crippen LogP contribution in [0, 0.1) is 0 Å². The van der Waals surface area contributed by atoms with Crippen LogP contribution in [-0.4, -0.2) is 24.7 Å². The summed E-state index contributed by atoms with van der Waals surface area (Å²) < 4.78 is 15.9. The summed E-state index contributed by atoms with van der Waals surface area (Å²) in [6.07, 6.45) is 3.06. The zero-order chi connectivity index (χ0) is 16.5. The van der Waals surface area contributed by atoms with Crippen LogP contribution in [0.3, 0.4) is 0 Å². The molecule has 0 radical (unpaired) electrons. The van der Waals surface area contributed by atoms with Crippen LogP contribution in [0.5, 0.6) is 17.2 Å². The fraction of sp³-hybridized carbons (Fsp3) is 0.211. The van der Waals surface area contributed by atoms with Gasteiger partial charge >= 0.3 is 0 Å². The molecule has 2 aromatic carbocycles. The van der Waals surface area contributed by atoms with E-state index in [-0.39, 0.29) is 12.6 Å².